The van der Waals surface area contributed by atoms with Crippen molar-refractivity contribution in [3.8, 4) is 0 Å². The highest BCUT2D eigenvalue weighted by molar-refractivity contribution is 5.87. The summed E-state index contributed by atoms with van der Waals surface area (Å²) in [6, 6.07) is 5.52. The molecule has 1 aliphatic rings. The van der Waals surface area contributed by atoms with E-state index >= 15 is 0 Å². The fourth-order valence-electron chi connectivity index (χ4n) is 2.01. The molecule has 0 atom stereocenters. The van der Waals surface area contributed by atoms with Gasteiger partial charge in [-0.2, -0.15) is 0 Å². The Morgan fingerprint density at radius 3 is 2.50 bits per heavy atom. The second kappa shape index (κ2) is 3.01. The molecule has 1 fully saturated rings. The van der Waals surface area contributed by atoms with Crippen molar-refractivity contribution in [2.45, 2.75) is 18.3 Å². The Kier molecular flexibility index (Phi) is 1.74. The lowest BCUT2D eigenvalue weighted by molar-refractivity contribution is -0.140. The highest BCUT2D eigenvalue weighted by Crippen LogP contribution is 2.48. The van der Waals surface area contributed by atoms with Crippen LogP contribution in [0.25, 0.3) is 11.0 Å². The first-order chi connectivity index (χ1) is 7.72. The first kappa shape index (κ1) is 9.27. The molecule has 0 amide bonds. The second-order valence-electron chi connectivity index (χ2n) is 4.15. The van der Waals surface area contributed by atoms with Crippen LogP contribution in [0.3, 0.4) is 0 Å². The smallest absolute Gasteiger partial charge is 0.314 e. The average molecular weight is 214 g/mol. The molecular formula is C12H10N2O2. The fraction of sp³-hybridized carbons (Fsp3) is 0.250. The standard InChI is InChI=1S/C12H10N2O2/c15-11(16)12(3-4-12)8-1-2-9-10(7-8)14-6-5-13-9/h1-2,5-7H,3-4H2,(H,15,16). The number of carboxylic acids is 1. The van der Waals surface area contributed by atoms with Crippen LogP contribution in [0.4, 0.5) is 0 Å². The number of rotatable bonds is 2. The molecule has 1 N–H and O–H groups in total. The number of fused-ring (bicyclic) bond motifs is 1. The number of carbonyl (C=O) groups is 1. The van der Waals surface area contributed by atoms with Gasteiger partial charge in [0.05, 0.1) is 16.4 Å². The zero-order valence-electron chi connectivity index (χ0n) is 8.55. The minimum absolute atomic E-state index is 0.661. The van der Waals surface area contributed by atoms with E-state index in [0.717, 1.165) is 16.6 Å². The van der Waals surface area contributed by atoms with E-state index in [2.05, 4.69) is 9.97 Å². The normalized spacial score (nSPS) is 17.2. The van der Waals surface area contributed by atoms with Crippen LogP contribution < -0.4 is 0 Å². The van der Waals surface area contributed by atoms with Crippen LogP contribution in [-0.2, 0) is 10.2 Å². The maximum atomic E-state index is 11.2. The van der Waals surface area contributed by atoms with Crippen molar-refractivity contribution in [1.82, 2.24) is 9.97 Å². The molecule has 0 spiro atoms. The molecule has 1 aromatic carbocycles. The molecule has 0 saturated heterocycles. The summed E-state index contributed by atoms with van der Waals surface area (Å²) in [5.41, 5.74) is 1.74. The van der Waals surface area contributed by atoms with E-state index < -0.39 is 11.4 Å². The third-order valence-electron chi connectivity index (χ3n) is 3.18. The van der Waals surface area contributed by atoms with Crippen LogP contribution >= 0.6 is 0 Å². The van der Waals surface area contributed by atoms with Crippen LogP contribution in [0.1, 0.15) is 18.4 Å². The number of nitrogens with zero attached hydrogens (tertiary/aromatic N) is 2. The number of hydrogen-bond acceptors (Lipinski definition) is 3. The van der Waals surface area contributed by atoms with Gasteiger partial charge in [-0.25, -0.2) is 0 Å². The van der Waals surface area contributed by atoms with Gasteiger partial charge in [0.1, 0.15) is 0 Å². The van der Waals surface area contributed by atoms with E-state index in [1.165, 1.54) is 0 Å². The van der Waals surface area contributed by atoms with Gasteiger partial charge in [0.15, 0.2) is 0 Å². The van der Waals surface area contributed by atoms with Crippen molar-refractivity contribution in [2.75, 3.05) is 0 Å². The lowest BCUT2D eigenvalue weighted by Gasteiger charge is -2.10. The van der Waals surface area contributed by atoms with Gasteiger partial charge in [0.25, 0.3) is 0 Å². The minimum Gasteiger partial charge on any atom is -0.481 e. The SMILES string of the molecule is O=C(O)C1(c2ccc3nccnc3c2)CC1. The van der Waals surface area contributed by atoms with Crippen LogP contribution in [0.2, 0.25) is 0 Å². The van der Waals surface area contributed by atoms with Gasteiger partial charge in [0.2, 0.25) is 0 Å². The van der Waals surface area contributed by atoms with E-state index in [1.807, 2.05) is 18.2 Å². The number of aromatic nitrogens is 2. The minimum atomic E-state index is -0.740. The molecule has 0 unspecified atom stereocenters. The van der Waals surface area contributed by atoms with E-state index in [4.69, 9.17) is 0 Å². The largest absolute Gasteiger partial charge is 0.481 e. The van der Waals surface area contributed by atoms with E-state index in [1.54, 1.807) is 12.4 Å². The van der Waals surface area contributed by atoms with Crippen molar-refractivity contribution < 1.29 is 9.90 Å². The number of benzene rings is 1. The summed E-state index contributed by atoms with van der Waals surface area (Å²) in [5.74, 6) is -0.740. The zero-order valence-corrected chi connectivity index (χ0v) is 8.55. The Labute approximate surface area is 92.0 Å². The number of carboxylic acid groups (broad SMARTS) is 1. The van der Waals surface area contributed by atoms with Crippen molar-refractivity contribution in [1.29, 1.82) is 0 Å². The summed E-state index contributed by atoms with van der Waals surface area (Å²) in [6.45, 7) is 0. The van der Waals surface area contributed by atoms with E-state index in [-0.39, 0.29) is 0 Å². The van der Waals surface area contributed by atoms with Gasteiger partial charge >= 0.3 is 5.97 Å². The van der Waals surface area contributed by atoms with E-state index in [0.29, 0.717) is 12.8 Å². The summed E-state index contributed by atoms with van der Waals surface area (Å²) in [4.78, 5) is 19.5. The summed E-state index contributed by atoms with van der Waals surface area (Å²) in [6.07, 6.45) is 4.68. The first-order valence-corrected chi connectivity index (χ1v) is 5.17. The van der Waals surface area contributed by atoms with Gasteiger partial charge < -0.3 is 5.11 Å². The molecule has 1 heterocycles. The summed E-state index contributed by atoms with van der Waals surface area (Å²) in [7, 11) is 0. The molecule has 1 aromatic heterocycles. The Morgan fingerprint density at radius 2 is 1.88 bits per heavy atom. The van der Waals surface area contributed by atoms with Gasteiger partial charge in [-0.1, -0.05) is 6.07 Å². The monoisotopic (exact) mass is 214 g/mol. The Morgan fingerprint density at radius 1 is 1.19 bits per heavy atom. The third kappa shape index (κ3) is 1.19. The second-order valence-corrected chi connectivity index (χ2v) is 4.15. The predicted octanol–water partition coefficient (Wildman–Crippen LogP) is 1.75. The maximum absolute atomic E-state index is 11.2. The van der Waals surface area contributed by atoms with Crippen molar-refractivity contribution in [3.05, 3.63) is 36.2 Å². The quantitative estimate of drug-likeness (QED) is 0.827. The molecule has 4 nitrogen and oxygen atoms in total. The van der Waals surface area contributed by atoms with Crippen molar-refractivity contribution >= 4 is 17.0 Å². The molecular weight excluding hydrogens is 204 g/mol. The molecule has 0 radical (unpaired) electrons. The molecule has 1 aliphatic carbocycles. The molecule has 3 rings (SSSR count). The molecule has 4 heteroatoms. The van der Waals surface area contributed by atoms with Crippen LogP contribution in [0.5, 0.6) is 0 Å². The van der Waals surface area contributed by atoms with Gasteiger partial charge in [-0.15, -0.1) is 0 Å². The fourth-order valence-corrected chi connectivity index (χ4v) is 2.01. The summed E-state index contributed by atoms with van der Waals surface area (Å²) < 4.78 is 0. The molecule has 0 aliphatic heterocycles. The molecule has 1 saturated carbocycles. The van der Waals surface area contributed by atoms with Crippen LogP contribution in [0, 0.1) is 0 Å². The van der Waals surface area contributed by atoms with E-state index in [9.17, 15) is 9.90 Å². The first-order valence-electron chi connectivity index (χ1n) is 5.17. The highest BCUT2D eigenvalue weighted by Gasteiger charge is 2.51. The Balaban J connectivity index is 2.16. The van der Waals surface area contributed by atoms with Crippen LogP contribution in [-0.4, -0.2) is 21.0 Å². The third-order valence-corrected chi connectivity index (χ3v) is 3.18. The maximum Gasteiger partial charge on any atom is 0.314 e. The zero-order chi connectivity index (χ0) is 11.2. The van der Waals surface area contributed by atoms with Gasteiger partial charge in [0, 0.05) is 12.4 Å². The molecule has 80 valence electrons. The average Bonchev–Trinajstić information content (AvgIpc) is 3.09. The lowest BCUT2D eigenvalue weighted by Crippen LogP contribution is -2.19. The molecule has 16 heavy (non-hydrogen) atoms. The highest BCUT2D eigenvalue weighted by atomic mass is 16.4. The van der Waals surface area contributed by atoms with Crippen molar-refractivity contribution in [3.63, 3.8) is 0 Å². The lowest BCUT2D eigenvalue weighted by atomic mass is 9.96. The topological polar surface area (TPSA) is 63.1 Å². The van der Waals surface area contributed by atoms with Crippen LogP contribution in [0.15, 0.2) is 30.6 Å². The van der Waals surface area contributed by atoms with Gasteiger partial charge in [-0.3, -0.25) is 14.8 Å². The summed E-state index contributed by atoms with van der Waals surface area (Å²) >= 11 is 0. The Hall–Kier alpha value is -1.97. The van der Waals surface area contributed by atoms with Crippen molar-refractivity contribution in [2.24, 2.45) is 0 Å². The molecule has 2 aromatic rings. The molecule has 0 bridgehead atoms. The predicted molar refractivity (Wildman–Crippen MR) is 58.1 cm³/mol. The van der Waals surface area contributed by atoms with Gasteiger partial charge in [-0.05, 0) is 30.5 Å². The summed E-state index contributed by atoms with van der Waals surface area (Å²) in [5, 5.41) is 9.19. The number of hydrogen-bond donors (Lipinski definition) is 1. The Bertz CT molecular complexity index is 576. The number of aliphatic carboxylic acids is 1.